The highest BCUT2D eigenvalue weighted by atomic mass is 35.5. The van der Waals surface area contributed by atoms with E-state index in [1.54, 1.807) is 24.3 Å². The van der Waals surface area contributed by atoms with Crippen LogP contribution in [-0.2, 0) is 9.59 Å². The molecule has 0 saturated heterocycles. The zero-order valence-electron chi connectivity index (χ0n) is 13.7. The minimum Gasteiger partial charge on any atom is -0.325 e. The summed E-state index contributed by atoms with van der Waals surface area (Å²) in [5, 5.41) is 6.19. The first kappa shape index (κ1) is 16.5. The largest absolute Gasteiger partial charge is 0.325 e. The SMILES string of the molecule is Cc1ccc(NC(=O)C2(C(=O)Nc3cccc(Cl)c3)CC2)cc1C. The Morgan fingerprint density at radius 1 is 0.917 bits per heavy atom. The Bertz CT molecular complexity index is 813. The molecule has 0 aliphatic heterocycles. The van der Waals surface area contributed by atoms with Crippen LogP contribution in [-0.4, -0.2) is 11.8 Å². The molecule has 0 unspecified atom stereocenters. The third-order valence-corrected chi connectivity index (χ3v) is 4.70. The van der Waals surface area contributed by atoms with Crippen molar-refractivity contribution in [2.45, 2.75) is 26.7 Å². The minimum atomic E-state index is -0.985. The summed E-state index contributed by atoms with van der Waals surface area (Å²) in [4.78, 5) is 25.1. The van der Waals surface area contributed by atoms with E-state index in [0.29, 0.717) is 29.2 Å². The third kappa shape index (κ3) is 3.29. The number of benzene rings is 2. The van der Waals surface area contributed by atoms with Gasteiger partial charge in [0, 0.05) is 16.4 Å². The number of rotatable bonds is 4. The van der Waals surface area contributed by atoms with E-state index in [0.717, 1.165) is 11.1 Å². The van der Waals surface area contributed by atoms with Gasteiger partial charge in [0.05, 0.1) is 0 Å². The van der Waals surface area contributed by atoms with Crippen LogP contribution < -0.4 is 10.6 Å². The monoisotopic (exact) mass is 342 g/mol. The van der Waals surface area contributed by atoms with E-state index in [2.05, 4.69) is 10.6 Å². The molecule has 1 aliphatic carbocycles. The molecular formula is C19H19ClN2O2. The molecule has 5 heteroatoms. The van der Waals surface area contributed by atoms with Crippen molar-refractivity contribution in [2.75, 3.05) is 10.6 Å². The summed E-state index contributed by atoms with van der Waals surface area (Å²) in [6.45, 7) is 4.01. The molecule has 0 atom stereocenters. The van der Waals surface area contributed by atoms with E-state index >= 15 is 0 Å². The van der Waals surface area contributed by atoms with Crippen LogP contribution in [0.25, 0.3) is 0 Å². The highest BCUT2D eigenvalue weighted by molar-refractivity contribution is 6.31. The maximum atomic E-state index is 12.6. The van der Waals surface area contributed by atoms with Gasteiger partial charge in [-0.05, 0) is 68.1 Å². The number of carbonyl (C=O) groups is 2. The van der Waals surface area contributed by atoms with Gasteiger partial charge in [-0.1, -0.05) is 23.7 Å². The fraction of sp³-hybridized carbons (Fsp3) is 0.263. The van der Waals surface area contributed by atoms with Crippen LogP contribution in [0.1, 0.15) is 24.0 Å². The molecule has 2 aromatic carbocycles. The van der Waals surface area contributed by atoms with Gasteiger partial charge in [-0.25, -0.2) is 0 Å². The summed E-state index contributed by atoms with van der Waals surface area (Å²) in [7, 11) is 0. The molecule has 0 aromatic heterocycles. The van der Waals surface area contributed by atoms with E-state index in [-0.39, 0.29) is 11.8 Å². The first-order valence-corrected chi connectivity index (χ1v) is 8.24. The molecule has 0 spiro atoms. The van der Waals surface area contributed by atoms with Gasteiger partial charge < -0.3 is 10.6 Å². The van der Waals surface area contributed by atoms with Crippen LogP contribution in [0.15, 0.2) is 42.5 Å². The second-order valence-electron chi connectivity index (χ2n) is 6.30. The molecule has 2 amide bonds. The maximum absolute atomic E-state index is 12.6. The average Bonchev–Trinajstić information content (AvgIpc) is 3.33. The molecule has 24 heavy (non-hydrogen) atoms. The molecule has 124 valence electrons. The van der Waals surface area contributed by atoms with Gasteiger partial charge in [-0.15, -0.1) is 0 Å². The van der Waals surface area contributed by atoms with Crippen LogP contribution in [0, 0.1) is 19.3 Å². The Morgan fingerprint density at radius 3 is 2.08 bits per heavy atom. The summed E-state index contributed by atoms with van der Waals surface area (Å²) in [6.07, 6.45) is 1.10. The van der Waals surface area contributed by atoms with Gasteiger partial charge in [-0.2, -0.15) is 0 Å². The maximum Gasteiger partial charge on any atom is 0.240 e. The molecule has 4 nitrogen and oxygen atoms in total. The lowest BCUT2D eigenvalue weighted by Crippen LogP contribution is -2.35. The van der Waals surface area contributed by atoms with Crippen molar-refractivity contribution in [2.24, 2.45) is 5.41 Å². The molecule has 1 fully saturated rings. The lowest BCUT2D eigenvalue weighted by Gasteiger charge is -2.16. The number of anilines is 2. The van der Waals surface area contributed by atoms with Crippen molar-refractivity contribution in [1.29, 1.82) is 0 Å². The van der Waals surface area contributed by atoms with Crippen LogP contribution in [0.2, 0.25) is 5.02 Å². The molecule has 1 aliphatic rings. The number of hydrogen-bond acceptors (Lipinski definition) is 2. The molecule has 3 rings (SSSR count). The molecule has 1 saturated carbocycles. The number of nitrogens with one attached hydrogen (secondary N) is 2. The van der Waals surface area contributed by atoms with Gasteiger partial charge in [0.15, 0.2) is 0 Å². The predicted octanol–water partition coefficient (Wildman–Crippen LogP) is 4.31. The Hall–Kier alpha value is -2.33. The Morgan fingerprint density at radius 2 is 1.54 bits per heavy atom. The van der Waals surface area contributed by atoms with Crippen molar-refractivity contribution in [1.82, 2.24) is 0 Å². The zero-order chi connectivity index (χ0) is 17.3. The second-order valence-corrected chi connectivity index (χ2v) is 6.74. The standard InChI is InChI=1S/C19H19ClN2O2/c1-12-6-7-16(10-13(12)2)22-18(24)19(8-9-19)17(23)21-15-5-3-4-14(20)11-15/h3-7,10-11H,8-9H2,1-2H3,(H,21,23)(H,22,24). The molecule has 2 aromatic rings. The van der Waals surface area contributed by atoms with Crippen LogP contribution in [0.4, 0.5) is 11.4 Å². The summed E-state index contributed by atoms with van der Waals surface area (Å²) in [5.41, 5.74) is 2.58. The number of carbonyl (C=O) groups excluding carboxylic acids is 2. The molecule has 0 heterocycles. The van der Waals surface area contributed by atoms with Gasteiger partial charge in [0.25, 0.3) is 0 Å². The van der Waals surface area contributed by atoms with E-state index in [9.17, 15) is 9.59 Å². The summed E-state index contributed by atoms with van der Waals surface area (Å²) in [5.74, 6) is -0.545. The van der Waals surface area contributed by atoms with Gasteiger partial charge in [0.2, 0.25) is 11.8 Å². The van der Waals surface area contributed by atoms with Crippen molar-refractivity contribution in [3.63, 3.8) is 0 Å². The highest BCUT2D eigenvalue weighted by Crippen LogP contribution is 2.47. The highest BCUT2D eigenvalue weighted by Gasteiger charge is 2.56. The summed E-state index contributed by atoms with van der Waals surface area (Å²) >= 11 is 5.93. The van der Waals surface area contributed by atoms with Crippen molar-refractivity contribution in [3.05, 3.63) is 58.6 Å². The molecule has 0 bridgehead atoms. The first-order valence-electron chi connectivity index (χ1n) is 7.86. The Balaban J connectivity index is 1.71. The van der Waals surface area contributed by atoms with E-state index in [1.807, 2.05) is 32.0 Å². The smallest absolute Gasteiger partial charge is 0.240 e. The van der Waals surface area contributed by atoms with E-state index < -0.39 is 5.41 Å². The van der Waals surface area contributed by atoms with Gasteiger partial charge in [-0.3, -0.25) is 9.59 Å². The molecule has 0 radical (unpaired) electrons. The van der Waals surface area contributed by atoms with Crippen LogP contribution in [0.5, 0.6) is 0 Å². The quantitative estimate of drug-likeness (QED) is 0.813. The van der Waals surface area contributed by atoms with Gasteiger partial charge >= 0.3 is 0 Å². The Labute approximate surface area is 146 Å². The van der Waals surface area contributed by atoms with Gasteiger partial charge in [0.1, 0.15) is 5.41 Å². The van der Waals surface area contributed by atoms with Crippen LogP contribution >= 0.6 is 11.6 Å². The average molecular weight is 343 g/mol. The summed E-state index contributed by atoms with van der Waals surface area (Å²) in [6, 6.07) is 12.6. The Kier molecular flexibility index (Phi) is 4.33. The molecule has 2 N–H and O–H groups in total. The second kappa shape index (κ2) is 6.29. The fourth-order valence-electron chi connectivity index (χ4n) is 2.57. The zero-order valence-corrected chi connectivity index (χ0v) is 14.4. The minimum absolute atomic E-state index is 0.259. The first-order chi connectivity index (χ1) is 11.4. The van der Waals surface area contributed by atoms with Crippen molar-refractivity contribution < 1.29 is 9.59 Å². The number of hydrogen-bond donors (Lipinski definition) is 2. The van der Waals surface area contributed by atoms with Crippen molar-refractivity contribution in [3.8, 4) is 0 Å². The predicted molar refractivity (Wildman–Crippen MR) is 96.3 cm³/mol. The molecular weight excluding hydrogens is 324 g/mol. The summed E-state index contributed by atoms with van der Waals surface area (Å²) < 4.78 is 0. The van der Waals surface area contributed by atoms with E-state index in [1.165, 1.54) is 0 Å². The third-order valence-electron chi connectivity index (χ3n) is 4.47. The number of aryl methyl sites for hydroxylation is 2. The normalized spacial score (nSPS) is 14.8. The fourth-order valence-corrected chi connectivity index (χ4v) is 2.76. The van der Waals surface area contributed by atoms with Crippen LogP contribution in [0.3, 0.4) is 0 Å². The lowest BCUT2D eigenvalue weighted by atomic mass is 10.0. The lowest BCUT2D eigenvalue weighted by molar-refractivity contribution is -0.131. The van der Waals surface area contributed by atoms with E-state index in [4.69, 9.17) is 11.6 Å². The number of halogens is 1. The van der Waals surface area contributed by atoms with Crippen molar-refractivity contribution >= 4 is 34.8 Å². The number of amides is 2. The topological polar surface area (TPSA) is 58.2 Å².